The highest BCUT2D eigenvalue weighted by molar-refractivity contribution is 5.94. The Bertz CT molecular complexity index is 1180. The highest BCUT2D eigenvalue weighted by Gasteiger charge is 2.23. The van der Waals surface area contributed by atoms with Crippen LogP contribution in [0.5, 0.6) is 0 Å². The van der Waals surface area contributed by atoms with E-state index in [1.165, 1.54) is 6.33 Å². The molecule has 0 amide bonds. The van der Waals surface area contributed by atoms with Crippen molar-refractivity contribution >= 4 is 33.9 Å². The maximum Gasteiger partial charge on any atom is 0.353 e. The predicted octanol–water partition coefficient (Wildman–Crippen LogP) is 3.99. The molecule has 144 valence electrons. The van der Waals surface area contributed by atoms with Crippen molar-refractivity contribution in [3.05, 3.63) is 82.6 Å². The molecule has 0 aliphatic rings. The Morgan fingerprint density at radius 3 is 2.72 bits per heavy atom. The van der Waals surface area contributed by atoms with Crippen LogP contribution in [0, 0.1) is 17.0 Å². The van der Waals surface area contributed by atoms with Crippen molar-refractivity contribution in [1.29, 1.82) is 0 Å². The van der Waals surface area contributed by atoms with Gasteiger partial charge in [-0.1, -0.05) is 12.1 Å². The summed E-state index contributed by atoms with van der Waals surface area (Å²) in [6.45, 7) is 2.26. The normalized spacial score (nSPS) is 10.7. The summed E-state index contributed by atoms with van der Waals surface area (Å²) in [6, 6.07) is 13.0. The number of benzene rings is 1. The van der Waals surface area contributed by atoms with Crippen molar-refractivity contribution in [2.45, 2.75) is 13.5 Å². The van der Waals surface area contributed by atoms with Gasteiger partial charge in [0.1, 0.15) is 6.33 Å². The van der Waals surface area contributed by atoms with Gasteiger partial charge in [-0.15, -0.1) is 0 Å². The van der Waals surface area contributed by atoms with Crippen LogP contribution in [-0.2, 0) is 6.54 Å². The summed E-state index contributed by atoms with van der Waals surface area (Å²) in [4.78, 5) is 28.0. The molecule has 29 heavy (non-hydrogen) atoms. The van der Waals surface area contributed by atoms with E-state index in [1.54, 1.807) is 18.5 Å². The van der Waals surface area contributed by atoms with Gasteiger partial charge in [-0.2, -0.15) is 0 Å². The van der Waals surface area contributed by atoms with E-state index in [0.717, 1.165) is 22.2 Å². The van der Waals surface area contributed by atoms with Gasteiger partial charge in [-0.25, -0.2) is 9.97 Å². The lowest BCUT2D eigenvalue weighted by atomic mass is 10.1. The third-order valence-electron chi connectivity index (χ3n) is 4.31. The van der Waals surface area contributed by atoms with E-state index in [2.05, 4.69) is 30.6 Å². The van der Waals surface area contributed by atoms with Crippen molar-refractivity contribution in [2.75, 3.05) is 10.6 Å². The highest BCUT2D eigenvalue weighted by atomic mass is 16.6. The van der Waals surface area contributed by atoms with Crippen LogP contribution in [0.15, 0.2) is 61.2 Å². The van der Waals surface area contributed by atoms with Crippen LogP contribution in [-0.4, -0.2) is 24.9 Å². The zero-order chi connectivity index (χ0) is 20.2. The molecule has 2 N–H and O–H groups in total. The maximum atomic E-state index is 11.8. The van der Waals surface area contributed by atoms with Gasteiger partial charge in [0.15, 0.2) is 0 Å². The molecule has 3 heterocycles. The lowest BCUT2D eigenvalue weighted by Gasteiger charge is -2.11. The van der Waals surface area contributed by atoms with Gasteiger partial charge >= 0.3 is 5.69 Å². The van der Waals surface area contributed by atoms with Gasteiger partial charge in [0.2, 0.25) is 11.6 Å². The van der Waals surface area contributed by atoms with Gasteiger partial charge in [-0.3, -0.25) is 20.1 Å². The molecule has 0 bridgehead atoms. The quantitative estimate of drug-likeness (QED) is 0.376. The third-order valence-corrected chi connectivity index (χ3v) is 4.31. The number of aryl methyl sites for hydroxylation is 1. The number of fused-ring (bicyclic) bond motifs is 1. The Kier molecular flexibility index (Phi) is 4.93. The summed E-state index contributed by atoms with van der Waals surface area (Å²) in [5.41, 5.74) is 3.01. The molecule has 0 unspecified atom stereocenters. The van der Waals surface area contributed by atoms with Crippen molar-refractivity contribution in [3.63, 3.8) is 0 Å². The first-order valence-electron chi connectivity index (χ1n) is 8.87. The molecule has 9 nitrogen and oxygen atoms in total. The minimum absolute atomic E-state index is 0.103. The topological polar surface area (TPSA) is 119 Å². The fourth-order valence-corrected chi connectivity index (χ4v) is 2.95. The van der Waals surface area contributed by atoms with Crippen molar-refractivity contribution < 1.29 is 4.92 Å². The SMILES string of the molecule is Cc1ccc2c(Nc3ncnc(NCc4cccnc4)c3[N+](=O)[O-])cccc2n1. The summed E-state index contributed by atoms with van der Waals surface area (Å²) in [5, 5.41) is 18.7. The average Bonchev–Trinajstić information content (AvgIpc) is 2.73. The maximum absolute atomic E-state index is 11.8. The molecule has 4 aromatic rings. The molecule has 1 aromatic carbocycles. The molecule has 0 aliphatic carbocycles. The molecule has 3 aromatic heterocycles. The van der Waals surface area contributed by atoms with E-state index >= 15 is 0 Å². The Morgan fingerprint density at radius 2 is 1.93 bits per heavy atom. The number of rotatable bonds is 6. The number of pyridine rings is 2. The number of nitrogens with one attached hydrogen (secondary N) is 2. The summed E-state index contributed by atoms with van der Waals surface area (Å²) >= 11 is 0. The molecular formula is C20H17N7O2. The molecule has 0 aliphatic heterocycles. The minimum atomic E-state index is -0.499. The highest BCUT2D eigenvalue weighted by Crippen LogP contribution is 2.33. The zero-order valence-electron chi connectivity index (χ0n) is 15.5. The van der Waals surface area contributed by atoms with E-state index in [4.69, 9.17) is 0 Å². The zero-order valence-corrected chi connectivity index (χ0v) is 15.5. The third kappa shape index (κ3) is 3.93. The average molecular weight is 387 g/mol. The van der Waals surface area contributed by atoms with Crippen molar-refractivity contribution in [1.82, 2.24) is 19.9 Å². The van der Waals surface area contributed by atoms with Crippen LogP contribution in [0.3, 0.4) is 0 Å². The minimum Gasteiger partial charge on any atom is -0.360 e. The Hall–Kier alpha value is -4.14. The second-order valence-corrected chi connectivity index (χ2v) is 6.34. The van der Waals surface area contributed by atoms with Crippen LogP contribution in [0.1, 0.15) is 11.3 Å². The Morgan fingerprint density at radius 1 is 1.07 bits per heavy atom. The molecule has 9 heteroatoms. The van der Waals surface area contributed by atoms with Crippen molar-refractivity contribution in [3.8, 4) is 0 Å². The van der Waals surface area contributed by atoms with Gasteiger partial charge in [0.05, 0.1) is 10.4 Å². The second kappa shape index (κ2) is 7.85. The van der Waals surface area contributed by atoms with E-state index in [9.17, 15) is 10.1 Å². The van der Waals surface area contributed by atoms with Gasteiger partial charge in [0, 0.05) is 35.7 Å². The Labute approximate surface area is 166 Å². The van der Waals surface area contributed by atoms with E-state index in [0.29, 0.717) is 12.2 Å². The Balaban J connectivity index is 1.68. The van der Waals surface area contributed by atoms with Crippen molar-refractivity contribution in [2.24, 2.45) is 0 Å². The number of anilines is 3. The first-order valence-corrected chi connectivity index (χ1v) is 8.87. The number of hydrogen-bond acceptors (Lipinski definition) is 8. The molecule has 0 saturated carbocycles. The van der Waals surface area contributed by atoms with Gasteiger partial charge < -0.3 is 10.6 Å². The number of hydrogen-bond donors (Lipinski definition) is 2. The van der Waals surface area contributed by atoms with Gasteiger partial charge in [0.25, 0.3) is 0 Å². The fraction of sp³-hybridized carbons (Fsp3) is 0.100. The van der Waals surface area contributed by atoms with Gasteiger partial charge in [-0.05, 0) is 42.8 Å². The molecule has 0 radical (unpaired) electrons. The van der Waals surface area contributed by atoms with Crippen LogP contribution in [0.25, 0.3) is 10.9 Å². The number of nitrogens with zero attached hydrogens (tertiary/aromatic N) is 5. The van der Waals surface area contributed by atoms with E-state index in [-0.39, 0.29) is 17.3 Å². The number of aromatic nitrogens is 4. The second-order valence-electron chi connectivity index (χ2n) is 6.34. The fourth-order valence-electron chi connectivity index (χ4n) is 2.95. The summed E-state index contributed by atoms with van der Waals surface area (Å²) in [5.74, 6) is 0.234. The molecular weight excluding hydrogens is 370 g/mol. The van der Waals surface area contributed by atoms with Crippen LogP contribution in [0.2, 0.25) is 0 Å². The lowest BCUT2D eigenvalue weighted by Crippen LogP contribution is -2.08. The molecule has 0 spiro atoms. The first kappa shape index (κ1) is 18.2. The standard InChI is InChI=1S/C20H17N7O2/c1-13-7-8-15-16(25-13)5-2-6-17(15)26-20-18(27(28)29)19(23-12-24-20)22-11-14-4-3-9-21-10-14/h2-10,12H,11H2,1H3,(H2,22,23,24,26). The van der Waals surface area contributed by atoms with E-state index in [1.807, 2.05) is 43.3 Å². The molecule has 0 atom stereocenters. The van der Waals surface area contributed by atoms with E-state index < -0.39 is 4.92 Å². The molecule has 4 rings (SSSR count). The summed E-state index contributed by atoms with van der Waals surface area (Å²) in [6.07, 6.45) is 4.64. The largest absolute Gasteiger partial charge is 0.360 e. The predicted molar refractivity (Wildman–Crippen MR) is 110 cm³/mol. The molecule has 0 saturated heterocycles. The summed E-state index contributed by atoms with van der Waals surface area (Å²) in [7, 11) is 0. The summed E-state index contributed by atoms with van der Waals surface area (Å²) < 4.78 is 0. The smallest absolute Gasteiger partial charge is 0.353 e. The lowest BCUT2D eigenvalue weighted by molar-refractivity contribution is -0.383. The number of nitro groups is 1. The monoisotopic (exact) mass is 387 g/mol. The first-order chi connectivity index (χ1) is 14.1. The van der Waals surface area contributed by atoms with Crippen LogP contribution < -0.4 is 10.6 Å². The molecule has 0 fully saturated rings. The van der Waals surface area contributed by atoms with Crippen LogP contribution >= 0.6 is 0 Å². The van der Waals surface area contributed by atoms with Crippen LogP contribution in [0.4, 0.5) is 23.0 Å².